The summed E-state index contributed by atoms with van der Waals surface area (Å²) < 4.78 is 84.6. The van der Waals surface area contributed by atoms with Crippen molar-refractivity contribution < 1.29 is 40.3 Å². The van der Waals surface area contributed by atoms with E-state index in [9.17, 15) is 35.6 Å². The van der Waals surface area contributed by atoms with E-state index in [1.807, 2.05) is 0 Å². The van der Waals surface area contributed by atoms with Crippen LogP contribution in [-0.4, -0.2) is 43.8 Å². The molecule has 33 heavy (non-hydrogen) atoms. The third kappa shape index (κ3) is 5.69. The molecule has 0 aromatic heterocycles. The van der Waals surface area contributed by atoms with Gasteiger partial charge in [0.15, 0.2) is 17.7 Å². The van der Waals surface area contributed by atoms with Gasteiger partial charge in [-0.1, -0.05) is 0 Å². The zero-order chi connectivity index (χ0) is 24.3. The second kappa shape index (κ2) is 9.87. The Hall–Kier alpha value is -2.99. The summed E-state index contributed by atoms with van der Waals surface area (Å²) in [6, 6.07) is 4.84. The van der Waals surface area contributed by atoms with Crippen molar-refractivity contribution in [3.05, 3.63) is 59.7 Å². The van der Waals surface area contributed by atoms with Gasteiger partial charge >= 0.3 is 5.97 Å². The molecule has 1 aliphatic heterocycles. The number of halogens is 4. The summed E-state index contributed by atoms with van der Waals surface area (Å²) in [5.74, 6) is -6.52. The minimum absolute atomic E-state index is 0.0670. The maximum Gasteiger partial charge on any atom is 0.309 e. The number of hydrogen-bond acceptors (Lipinski definition) is 5. The average Bonchev–Trinajstić information content (AvgIpc) is 2.77. The molecule has 0 spiro atoms. The van der Waals surface area contributed by atoms with Crippen LogP contribution in [0.1, 0.15) is 19.8 Å². The summed E-state index contributed by atoms with van der Waals surface area (Å²) in [5, 5.41) is 2.20. The van der Waals surface area contributed by atoms with Crippen molar-refractivity contribution in [2.24, 2.45) is 5.92 Å². The predicted molar refractivity (Wildman–Crippen MR) is 108 cm³/mol. The van der Waals surface area contributed by atoms with Crippen molar-refractivity contribution in [3.8, 4) is 0 Å². The van der Waals surface area contributed by atoms with E-state index >= 15 is 0 Å². The number of anilines is 1. The number of piperidine rings is 1. The van der Waals surface area contributed by atoms with Crippen LogP contribution in [0.5, 0.6) is 0 Å². The molecule has 3 rings (SSSR count). The molecule has 1 heterocycles. The van der Waals surface area contributed by atoms with Gasteiger partial charge < -0.3 is 10.1 Å². The van der Waals surface area contributed by atoms with Crippen LogP contribution < -0.4 is 5.32 Å². The topological polar surface area (TPSA) is 92.8 Å². The van der Waals surface area contributed by atoms with Crippen molar-refractivity contribution in [2.45, 2.75) is 30.8 Å². The number of hydrogen-bond donors (Lipinski definition) is 1. The summed E-state index contributed by atoms with van der Waals surface area (Å²) in [7, 11) is -4.08. The lowest BCUT2D eigenvalue weighted by molar-refractivity contribution is -0.158. The number of amides is 1. The van der Waals surface area contributed by atoms with Gasteiger partial charge in [-0.05, 0) is 50.1 Å². The summed E-state index contributed by atoms with van der Waals surface area (Å²) >= 11 is 0. The van der Waals surface area contributed by atoms with E-state index in [2.05, 4.69) is 5.32 Å². The van der Waals surface area contributed by atoms with Crippen LogP contribution in [0.2, 0.25) is 0 Å². The van der Waals surface area contributed by atoms with E-state index in [1.165, 1.54) is 6.92 Å². The molecule has 1 N–H and O–H groups in total. The van der Waals surface area contributed by atoms with Crippen molar-refractivity contribution in [3.63, 3.8) is 0 Å². The Kier molecular flexibility index (Phi) is 7.38. The number of carbonyl (C=O) groups is 2. The first-order valence-corrected chi connectivity index (χ1v) is 11.3. The van der Waals surface area contributed by atoms with Gasteiger partial charge in [-0.25, -0.2) is 26.0 Å². The van der Waals surface area contributed by atoms with Crippen LogP contribution in [-0.2, 0) is 24.3 Å². The number of nitrogens with zero attached hydrogens (tertiary/aromatic N) is 1. The maximum absolute atomic E-state index is 13.7. The SMILES string of the molecule is CC(OC(=O)C1CCN(S(=O)(=O)c2ccc(F)c(F)c2)CC1)C(=O)Nc1ccc(F)cc1F. The Bertz CT molecular complexity index is 1170. The Morgan fingerprint density at radius 2 is 1.67 bits per heavy atom. The molecule has 1 atom stereocenters. The van der Waals surface area contributed by atoms with Crippen molar-refractivity contribution in [2.75, 3.05) is 18.4 Å². The first kappa shape index (κ1) is 24.6. The Labute approximate surface area is 187 Å². The lowest BCUT2D eigenvalue weighted by Crippen LogP contribution is -2.41. The molecule has 1 unspecified atom stereocenters. The number of sulfonamides is 1. The fourth-order valence-electron chi connectivity index (χ4n) is 3.27. The minimum Gasteiger partial charge on any atom is -0.452 e. The minimum atomic E-state index is -4.08. The van der Waals surface area contributed by atoms with Crippen LogP contribution in [0, 0.1) is 29.2 Å². The highest BCUT2D eigenvalue weighted by Crippen LogP contribution is 2.26. The summed E-state index contributed by atoms with van der Waals surface area (Å²) in [4.78, 5) is 24.2. The maximum atomic E-state index is 13.7. The van der Waals surface area contributed by atoms with Crippen LogP contribution in [0.4, 0.5) is 23.2 Å². The van der Waals surface area contributed by atoms with Gasteiger partial charge in [0.05, 0.1) is 16.5 Å². The molecule has 2 aromatic carbocycles. The third-order valence-electron chi connectivity index (χ3n) is 5.17. The Balaban J connectivity index is 1.55. The number of ether oxygens (including phenoxy) is 1. The van der Waals surface area contributed by atoms with Gasteiger partial charge in [-0.2, -0.15) is 4.31 Å². The predicted octanol–water partition coefficient (Wildman–Crippen LogP) is 3.21. The molecule has 0 bridgehead atoms. The molecule has 178 valence electrons. The van der Waals surface area contributed by atoms with Gasteiger partial charge in [-0.15, -0.1) is 0 Å². The highest BCUT2D eigenvalue weighted by molar-refractivity contribution is 7.89. The quantitative estimate of drug-likeness (QED) is 0.498. The lowest BCUT2D eigenvalue weighted by Gasteiger charge is -2.30. The van der Waals surface area contributed by atoms with E-state index in [-0.39, 0.29) is 31.6 Å². The van der Waals surface area contributed by atoms with Gasteiger partial charge in [0.1, 0.15) is 11.6 Å². The zero-order valence-electron chi connectivity index (χ0n) is 17.4. The smallest absolute Gasteiger partial charge is 0.309 e. The monoisotopic (exact) mass is 488 g/mol. The molecule has 2 aromatic rings. The molecule has 1 saturated heterocycles. The van der Waals surface area contributed by atoms with Crippen LogP contribution in [0.3, 0.4) is 0 Å². The summed E-state index contributed by atoms with van der Waals surface area (Å²) in [6.45, 7) is 1.14. The second-order valence-corrected chi connectivity index (χ2v) is 9.38. The molecule has 0 saturated carbocycles. The normalized spacial score (nSPS) is 16.3. The third-order valence-corrected chi connectivity index (χ3v) is 7.06. The highest BCUT2D eigenvalue weighted by Gasteiger charge is 2.34. The van der Waals surface area contributed by atoms with Crippen molar-refractivity contribution in [1.29, 1.82) is 0 Å². The van der Waals surface area contributed by atoms with Crippen molar-refractivity contribution in [1.82, 2.24) is 4.31 Å². The molecular weight excluding hydrogens is 468 g/mol. The first-order chi connectivity index (χ1) is 15.5. The molecular formula is C21H20F4N2O5S. The standard InChI is InChI=1S/C21H20F4N2O5S/c1-12(20(28)26-19-5-2-14(22)10-18(19)25)32-21(29)13-6-8-27(9-7-13)33(30,31)15-3-4-16(23)17(24)11-15/h2-5,10-13H,6-9H2,1H3,(H,26,28). The molecule has 0 aliphatic carbocycles. The first-order valence-electron chi connectivity index (χ1n) is 9.90. The number of rotatable bonds is 6. The van der Waals surface area contributed by atoms with E-state index in [1.54, 1.807) is 0 Å². The Morgan fingerprint density at radius 3 is 2.27 bits per heavy atom. The Morgan fingerprint density at radius 1 is 1.00 bits per heavy atom. The molecule has 7 nitrogen and oxygen atoms in total. The average molecular weight is 488 g/mol. The molecule has 12 heteroatoms. The second-order valence-electron chi connectivity index (χ2n) is 7.45. The van der Waals surface area contributed by atoms with E-state index in [0.717, 1.165) is 28.6 Å². The van der Waals surface area contributed by atoms with Crippen LogP contribution in [0.25, 0.3) is 0 Å². The lowest BCUT2D eigenvalue weighted by atomic mass is 9.98. The highest BCUT2D eigenvalue weighted by atomic mass is 32.2. The number of benzene rings is 2. The van der Waals surface area contributed by atoms with Crippen molar-refractivity contribution >= 4 is 27.6 Å². The molecule has 1 aliphatic rings. The fraction of sp³-hybridized carbons (Fsp3) is 0.333. The van der Waals surface area contributed by atoms with Gasteiger partial charge in [0.2, 0.25) is 10.0 Å². The summed E-state index contributed by atoms with van der Waals surface area (Å²) in [6.07, 6.45) is -1.11. The number of nitrogens with one attached hydrogen (secondary N) is 1. The molecule has 1 fully saturated rings. The van der Waals surface area contributed by atoms with Gasteiger partial charge in [0.25, 0.3) is 5.91 Å². The van der Waals surface area contributed by atoms with Gasteiger partial charge in [-0.3, -0.25) is 9.59 Å². The van der Waals surface area contributed by atoms with Gasteiger partial charge in [0, 0.05) is 19.2 Å². The van der Waals surface area contributed by atoms with E-state index < -0.39 is 62.1 Å². The van der Waals surface area contributed by atoms with E-state index in [4.69, 9.17) is 4.74 Å². The number of carbonyl (C=O) groups excluding carboxylic acids is 2. The zero-order valence-corrected chi connectivity index (χ0v) is 18.2. The largest absolute Gasteiger partial charge is 0.452 e. The van der Waals surface area contributed by atoms with E-state index in [0.29, 0.717) is 12.1 Å². The van der Waals surface area contributed by atoms with Crippen LogP contribution in [0.15, 0.2) is 41.3 Å². The molecule has 1 amide bonds. The number of esters is 1. The summed E-state index contributed by atoms with van der Waals surface area (Å²) in [5.41, 5.74) is -0.278. The fourth-order valence-corrected chi connectivity index (χ4v) is 4.75. The van der Waals surface area contributed by atoms with Crippen LogP contribution >= 0.6 is 0 Å². The molecule has 0 radical (unpaired) electrons.